The summed E-state index contributed by atoms with van der Waals surface area (Å²) in [6.07, 6.45) is 0. The molecule has 0 saturated heterocycles. The first-order chi connectivity index (χ1) is 9.88. The van der Waals surface area contributed by atoms with Crippen molar-refractivity contribution in [3.05, 3.63) is 52.0 Å². The molecule has 0 unspecified atom stereocenters. The third kappa shape index (κ3) is 3.55. The number of aryl methyl sites for hydroxylation is 1. The predicted octanol–water partition coefficient (Wildman–Crippen LogP) is 3.66. The molecule has 0 aromatic heterocycles. The molecule has 5 heteroatoms. The van der Waals surface area contributed by atoms with Crippen LogP contribution < -0.4 is 16.0 Å². The van der Waals surface area contributed by atoms with Gasteiger partial charge in [-0.15, -0.1) is 0 Å². The van der Waals surface area contributed by atoms with Crippen molar-refractivity contribution in [3.8, 4) is 0 Å². The van der Waals surface area contributed by atoms with Crippen LogP contribution in [-0.4, -0.2) is 20.0 Å². The lowest BCUT2D eigenvalue weighted by Gasteiger charge is -2.17. The Balaban J connectivity index is 2.23. The zero-order valence-electron chi connectivity index (χ0n) is 12.3. The van der Waals surface area contributed by atoms with Crippen molar-refractivity contribution in [1.29, 1.82) is 0 Å². The van der Waals surface area contributed by atoms with E-state index in [2.05, 4.69) is 21.2 Å². The summed E-state index contributed by atoms with van der Waals surface area (Å²) in [5.41, 5.74) is 9.90. The molecule has 1 amide bonds. The molecule has 0 radical (unpaired) electrons. The van der Waals surface area contributed by atoms with Crippen LogP contribution in [-0.2, 0) is 0 Å². The third-order valence-electron chi connectivity index (χ3n) is 3.21. The van der Waals surface area contributed by atoms with Crippen LogP contribution >= 0.6 is 15.9 Å². The molecule has 0 aliphatic rings. The van der Waals surface area contributed by atoms with Crippen LogP contribution in [0.15, 0.2) is 40.9 Å². The van der Waals surface area contributed by atoms with Gasteiger partial charge in [0.1, 0.15) is 0 Å². The van der Waals surface area contributed by atoms with Crippen LogP contribution in [0.3, 0.4) is 0 Å². The maximum Gasteiger partial charge on any atom is 0.255 e. The van der Waals surface area contributed by atoms with E-state index in [1.807, 2.05) is 44.1 Å². The van der Waals surface area contributed by atoms with E-state index in [-0.39, 0.29) is 5.91 Å². The molecule has 21 heavy (non-hydrogen) atoms. The molecule has 2 rings (SSSR count). The number of carbonyl (C=O) groups excluding carboxylic acids is 1. The molecule has 0 bridgehead atoms. The highest BCUT2D eigenvalue weighted by molar-refractivity contribution is 9.10. The number of hydrogen-bond acceptors (Lipinski definition) is 3. The number of rotatable bonds is 3. The van der Waals surface area contributed by atoms with Crippen molar-refractivity contribution >= 4 is 38.9 Å². The van der Waals surface area contributed by atoms with Gasteiger partial charge in [-0.05, 0) is 58.7 Å². The van der Waals surface area contributed by atoms with Crippen molar-refractivity contribution in [2.45, 2.75) is 6.92 Å². The van der Waals surface area contributed by atoms with Gasteiger partial charge in [-0.3, -0.25) is 4.79 Å². The number of nitrogens with zero attached hydrogens (tertiary/aromatic N) is 1. The number of halogens is 1. The van der Waals surface area contributed by atoms with Gasteiger partial charge in [-0.2, -0.15) is 0 Å². The van der Waals surface area contributed by atoms with E-state index in [1.54, 1.807) is 18.2 Å². The fraction of sp³-hybridized carbons (Fsp3) is 0.188. The molecule has 0 aliphatic heterocycles. The van der Waals surface area contributed by atoms with E-state index in [9.17, 15) is 4.79 Å². The number of carbonyl (C=O) groups is 1. The van der Waals surface area contributed by atoms with E-state index in [0.29, 0.717) is 15.7 Å². The first-order valence-electron chi connectivity index (χ1n) is 6.53. The van der Waals surface area contributed by atoms with E-state index < -0.39 is 0 Å². The highest BCUT2D eigenvalue weighted by atomic mass is 79.9. The summed E-state index contributed by atoms with van der Waals surface area (Å²) in [5.74, 6) is -0.163. The molecule has 2 aromatic rings. The second kappa shape index (κ2) is 6.18. The van der Waals surface area contributed by atoms with Gasteiger partial charge >= 0.3 is 0 Å². The summed E-state index contributed by atoms with van der Waals surface area (Å²) in [5, 5.41) is 2.90. The first-order valence-corrected chi connectivity index (χ1v) is 7.32. The minimum atomic E-state index is -0.163. The monoisotopic (exact) mass is 347 g/mol. The Hall–Kier alpha value is -2.01. The molecular weight excluding hydrogens is 330 g/mol. The fourth-order valence-corrected chi connectivity index (χ4v) is 2.42. The van der Waals surface area contributed by atoms with E-state index in [0.717, 1.165) is 16.9 Å². The van der Waals surface area contributed by atoms with E-state index in [1.165, 1.54) is 0 Å². The molecule has 0 saturated carbocycles. The Morgan fingerprint density at radius 3 is 2.52 bits per heavy atom. The summed E-state index contributed by atoms with van der Waals surface area (Å²) in [4.78, 5) is 14.3. The Kier molecular flexibility index (Phi) is 4.53. The Morgan fingerprint density at radius 2 is 1.90 bits per heavy atom. The minimum Gasteiger partial charge on any atom is -0.398 e. The SMILES string of the molecule is Cc1ccc(NC(=O)c2ccc(N)c(Br)c2)cc1N(C)C. The van der Waals surface area contributed by atoms with Crippen molar-refractivity contribution in [2.75, 3.05) is 30.0 Å². The molecule has 0 spiro atoms. The molecule has 2 aromatic carbocycles. The topological polar surface area (TPSA) is 58.4 Å². The number of hydrogen-bond donors (Lipinski definition) is 2. The fourth-order valence-electron chi connectivity index (χ4n) is 2.04. The van der Waals surface area contributed by atoms with Crippen molar-refractivity contribution in [2.24, 2.45) is 0 Å². The lowest BCUT2D eigenvalue weighted by atomic mass is 10.1. The smallest absolute Gasteiger partial charge is 0.255 e. The van der Waals surface area contributed by atoms with Crippen molar-refractivity contribution in [3.63, 3.8) is 0 Å². The number of anilines is 3. The largest absolute Gasteiger partial charge is 0.398 e. The van der Waals surface area contributed by atoms with Gasteiger partial charge in [0.15, 0.2) is 0 Å². The maximum absolute atomic E-state index is 12.3. The molecule has 0 fully saturated rings. The van der Waals surface area contributed by atoms with Crippen molar-refractivity contribution in [1.82, 2.24) is 0 Å². The zero-order chi connectivity index (χ0) is 15.6. The van der Waals surface area contributed by atoms with Gasteiger partial charge < -0.3 is 16.0 Å². The lowest BCUT2D eigenvalue weighted by Crippen LogP contribution is -2.14. The highest BCUT2D eigenvalue weighted by Gasteiger charge is 2.09. The van der Waals surface area contributed by atoms with Crippen LogP contribution in [0.4, 0.5) is 17.1 Å². The number of amides is 1. The Labute approximate surface area is 133 Å². The maximum atomic E-state index is 12.3. The Morgan fingerprint density at radius 1 is 1.19 bits per heavy atom. The number of benzene rings is 2. The van der Waals surface area contributed by atoms with Crippen LogP contribution in [0.25, 0.3) is 0 Å². The van der Waals surface area contributed by atoms with Crippen LogP contribution in [0.1, 0.15) is 15.9 Å². The quantitative estimate of drug-likeness (QED) is 0.833. The van der Waals surface area contributed by atoms with Gasteiger partial charge in [-0.25, -0.2) is 0 Å². The van der Waals surface area contributed by atoms with E-state index in [4.69, 9.17) is 5.73 Å². The molecule has 0 heterocycles. The van der Waals surface area contributed by atoms with Gasteiger partial charge in [0.2, 0.25) is 0 Å². The highest BCUT2D eigenvalue weighted by Crippen LogP contribution is 2.24. The molecular formula is C16H18BrN3O. The molecule has 3 N–H and O–H groups in total. The molecule has 4 nitrogen and oxygen atoms in total. The third-order valence-corrected chi connectivity index (χ3v) is 3.90. The van der Waals surface area contributed by atoms with Gasteiger partial charge in [-0.1, -0.05) is 6.07 Å². The first kappa shape index (κ1) is 15.4. The van der Waals surface area contributed by atoms with Crippen LogP contribution in [0.5, 0.6) is 0 Å². The summed E-state index contributed by atoms with van der Waals surface area (Å²) < 4.78 is 0.716. The molecule has 110 valence electrons. The summed E-state index contributed by atoms with van der Waals surface area (Å²) in [6, 6.07) is 11.0. The average Bonchev–Trinajstić information content (AvgIpc) is 2.43. The number of nitrogens with one attached hydrogen (secondary N) is 1. The summed E-state index contributed by atoms with van der Waals surface area (Å²) in [7, 11) is 3.95. The van der Waals surface area contributed by atoms with Crippen LogP contribution in [0, 0.1) is 6.92 Å². The summed E-state index contributed by atoms with van der Waals surface area (Å²) >= 11 is 3.33. The second-order valence-corrected chi connectivity index (χ2v) is 5.94. The van der Waals surface area contributed by atoms with Gasteiger partial charge in [0.05, 0.1) is 0 Å². The van der Waals surface area contributed by atoms with E-state index >= 15 is 0 Å². The normalized spacial score (nSPS) is 10.3. The predicted molar refractivity (Wildman–Crippen MR) is 92.0 cm³/mol. The zero-order valence-corrected chi connectivity index (χ0v) is 13.9. The lowest BCUT2D eigenvalue weighted by molar-refractivity contribution is 0.102. The second-order valence-electron chi connectivity index (χ2n) is 5.09. The molecule has 0 aliphatic carbocycles. The number of nitrogens with two attached hydrogens (primary N) is 1. The van der Waals surface area contributed by atoms with Crippen molar-refractivity contribution < 1.29 is 4.79 Å². The molecule has 0 atom stereocenters. The van der Waals surface area contributed by atoms with Gasteiger partial charge in [0, 0.05) is 41.2 Å². The number of nitrogen functional groups attached to an aromatic ring is 1. The standard InChI is InChI=1S/C16H18BrN3O/c1-10-4-6-12(9-15(10)20(2)3)19-16(21)11-5-7-14(18)13(17)8-11/h4-9H,18H2,1-3H3,(H,19,21). The Bertz CT molecular complexity index is 683. The van der Waals surface area contributed by atoms with Crippen LogP contribution in [0.2, 0.25) is 0 Å². The van der Waals surface area contributed by atoms with Gasteiger partial charge in [0.25, 0.3) is 5.91 Å². The minimum absolute atomic E-state index is 0.163. The average molecular weight is 348 g/mol. The summed E-state index contributed by atoms with van der Waals surface area (Å²) in [6.45, 7) is 2.04.